The molecule has 1 saturated carbocycles. The van der Waals surface area contributed by atoms with Crippen molar-refractivity contribution in [3.8, 4) is 0 Å². The van der Waals surface area contributed by atoms with Crippen LogP contribution in [0.3, 0.4) is 0 Å². The third kappa shape index (κ3) is 4.00. The van der Waals surface area contributed by atoms with E-state index in [4.69, 9.17) is 9.84 Å². The minimum atomic E-state index is -0.747. The van der Waals surface area contributed by atoms with Crippen LogP contribution in [0.25, 0.3) is 0 Å². The molecule has 0 spiro atoms. The first-order chi connectivity index (χ1) is 8.06. The number of methoxy groups -OCH3 is 1. The Balaban J connectivity index is 2.43. The SMILES string of the molecule is COC(C)C(=O)NCC1CCCCC1C(=O)O. The van der Waals surface area contributed by atoms with Crippen molar-refractivity contribution in [2.24, 2.45) is 11.8 Å². The fourth-order valence-electron chi connectivity index (χ4n) is 2.26. The van der Waals surface area contributed by atoms with Gasteiger partial charge in [-0.1, -0.05) is 12.8 Å². The molecule has 0 radical (unpaired) electrons. The number of hydrogen-bond donors (Lipinski definition) is 2. The van der Waals surface area contributed by atoms with Crippen molar-refractivity contribution in [2.45, 2.75) is 38.7 Å². The van der Waals surface area contributed by atoms with Crippen LogP contribution < -0.4 is 5.32 Å². The topological polar surface area (TPSA) is 75.6 Å². The highest BCUT2D eigenvalue weighted by Crippen LogP contribution is 2.29. The van der Waals surface area contributed by atoms with Crippen molar-refractivity contribution in [1.82, 2.24) is 5.32 Å². The van der Waals surface area contributed by atoms with Gasteiger partial charge in [0, 0.05) is 13.7 Å². The van der Waals surface area contributed by atoms with Gasteiger partial charge in [-0.2, -0.15) is 0 Å². The van der Waals surface area contributed by atoms with Gasteiger partial charge in [0.2, 0.25) is 5.91 Å². The number of hydrogen-bond acceptors (Lipinski definition) is 3. The lowest BCUT2D eigenvalue weighted by Crippen LogP contribution is -2.41. The van der Waals surface area contributed by atoms with Crippen molar-refractivity contribution in [2.75, 3.05) is 13.7 Å². The maximum absolute atomic E-state index is 11.5. The lowest BCUT2D eigenvalue weighted by Gasteiger charge is -2.28. The third-order valence-electron chi connectivity index (χ3n) is 3.49. The van der Waals surface area contributed by atoms with Gasteiger partial charge in [-0.05, 0) is 25.7 Å². The molecule has 1 rings (SSSR count). The molecule has 3 atom stereocenters. The molecule has 0 aromatic carbocycles. The zero-order valence-electron chi connectivity index (χ0n) is 10.4. The van der Waals surface area contributed by atoms with E-state index < -0.39 is 12.1 Å². The van der Waals surface area contributed by atoms with E-state index in [1.807, 2.05) is 0 Å². The summed E-state index contributed by atoms with van der Waals surface area (Å²) < 4.78 is 4.90. The zero-order chi connectivity index (χ0) is 12.8. The van der Waals surface area contributed by atoms with Crippen LogP contribution in [0, 0.1) is 11.8 Å². The van der Waals surface area contributed by atoms with Crippen LogP contribution in [0.5, 0.6) is 0 Å². The normalized spacial score (nSPS) is 26.2. The first kappa shape index (κ1) is 14.0. The summed E-state index contributed by atoms with van der Waals surface area (Å²) in [6.45, 7) is 2.11. The standard InChI is InChI=1S/C12H21NO4/c1-8(17-2)11(14)13-7-9-5-3-4-6-10(9)12(15)16/h8-10H,3-7H2,1-2H3,(H,13,14)(H,15,16). The predicted octanol–water partition coefficient (Wildman–Crippen LogP) is 1.03. The van der Waals surface area contributed by atoms with Crippen molar-refractivity contribution in [3.63, 3.8) is 0 Å². The zero-order valence-corrected chi connectivity index (χ0v) is 10.4. The Labute approximate surface area is 102 Å². The fraction of sp³-hybridized carbons (Fsp3) is 0.833. The first-order valence-corrected chi connectivity index (χ1v) is 6.09. The van der Waals surface area contributed by atoms with E-state index in [2.05, 4.69) is 5.32 Å². The molecule has 98 valence electrons. The van der Waals surface area contributed by atoms with Crippen LogP contribution in [0.4, 0.5) is 0 Å². The first-order valence-electron chi connectivity index (χ1n) is 6.09. The monoisotopic (exact) mass is 243 g/mol. The number of carboxylic acid groups (broad SMARTS) is 1. The van der Waals surface area contributed by atoms with Crippen molar-refractivity contribution in [3.05, 3.63) is 0 Å². The van der Waals surface area contributed by atoms with E-state index in [1.54, 1.807) is 6.92 Å². The van der Waals surface area contributed by atoms with Crippen LogP contribution >= 0.6 is 0 Å². The van der Waals surface area contributed by atoms with E-state index >= 15 is 0 Å². The Morgan fingerprint density at radius 2 is 2.06 bits per heavy atom. The molecule has 0 saturated heterocycles. The smallest absolute Gasteiger partial charge is 0.306 e. The molecular formula is C12H21NO4. The quantitative estimate of drug-likeness (QED) is 0.756. The summed E-state index contributed by atoms with van der Waals surface area (Å²) in [5.74, 6) is -1.19. The van der Waals surface area contributed by atoms with Gasteiger partial charge in [-0.3, -0.25) is 9.59 Å². The lowest BCUT2D eigenvalue weighted by atomic mass is 9.79. The summed E-state index contributed by atoms with van der Waals surface area (Å²) >= 11 is 0. The van der Waals surface area contributed by atoms with Gasteiger partial charge in [-0.15, -0.1) is 0 Å². The van der Waals surface area contributed by atoms with Gasteiger partial charge in [0.05, 0.1) is 5.92 Å². The number of carbonyl (C=O) groups is 2. The van der Waals surface area contributed by atoms with Crippen molar-refractivity contribution in [1.29, 1.82) is 0 Å². The highest BCUT2D eigenvalue weighted by atomic mass is 16.5. The Morgan fingerprint density at radius 3 is 2.65 bits per heavy atom. The number of carboxylic acids is 1. The molecule has 1 fully saturated rings. The predicted molar refractivity (Wildman–Crippen MR) is 62.6 cm³/mol. The van der Waals surface area contributed by atoms with Crippen LogP contribution in [0.1, 0.15) is 32.6 Å². The number of rotatable bonds is 5. The number of carbonyl (C=O) groups excluding carboxylic acids is 1. The van der Waals surface area contributed by atoms with Crippen LogP contribution in [-0.4, -0.2) is 36.7 Å². The molecule has 0 aromatic heterocycles. The van der Waals surface area contributed by atoms with Gasteiger partial charge in [0.25, 0.3) is 0 Å². The molecule has 17 heavy (non-hydrogen) atoms. The summed E-state index contributed by atoms with van der Waals surface area (Å²) in [7, 11) is 1.48. The van der Waals surface area contributed by atoms with Crippen LogP contribution in [0.2, 0.25) is 0 Å². The average molecular weight is 243 g/mol. The third-order valence-corrected chi connectivity index (χ3v) is 3.49. The second-order valence-electron chi connectivity index (χ2n) is 4.61. The van der Waals surface area contributed by atoms with Gasteiger partial charge in [-0.25, -0.2) is 0 Å². The minimum absolute atomic E-state index is 0.0502. The highest BCUT2D eigenvalue weighted by Gasteiger charge is 2.31. The molecule has 1 aliphatic rings. The molecule has 0 aliphatic heterocycles. The van der Waals surface area contributed by atoms with Gasteiger partial charge in [0.1, 0.15) is 6.10 Å². The van der Waals surface area contributed by atoms with E-state index in [0.717, 1.165) is 25.7 Å². The van der Waals surface area contributed by atoms with Gasteiger partial charge >= 0.3 is 5.97 Å². The Hall–Kier alpha value is -1.10. The summed E-state index contributed by atoms with van der Waals surface area (Å²) in [6, 6.07) is 0. The number of aliphatic carboxylic acids is 1. The Morgan fingerprint density at radius 1 is 1.41 bits per heavy atom. The second kappa shape index (κ2) is 6.59. The molecule has 5 nitrogen and oxygen atoms in total. The molecule has 2 N–H and O–H groups in total. The molecule has 5 heteroatoms. The van der Waals surface area contributed by atoms with Crippen molar-refractivity contribution < 1.29 is 19.4 Å². The van der Waals surface area contributed by atoms with E-state index in [0.29, 0.717) is 6.54 Å². The Bertz CT molecular complexity index is 280. The summed E-state index contributed by atoms with van der Waals surface area (Å²) in [5.41, 5.74) is 0. The average Bonchev–Trinajstić information content (AvgIpc) is 2.35. The number of ether oxygens (including phenoxy) is 1. The summed E-state index contributed by atoms with van der Waals surface area (Å²) in [6.07, 6.45) is 3.12. The Kier molecular flexibility index (Phi) is 5.41. The maximum Gasteiger partial charge on any atom is 0.306 e. The molecular weight excluding hydrogens is 222 g/mol. The lowest BCUT2D eigenvalue weighted by molar-refractivity contribution is -0.145. The number of nitrogens with one attached hydrogen (secondary N) is 1. The summed E-state index contributed by atoms with van der Waals surface area (Å²) in [4.78, 5) is 22.6. The highest BCUT2D eigenvalue weighted by molar-refractivity contribution is 5.80. The molecule has 0 bridgehead atoms. The largest absolute Gasteiger partial charge is 0.481 e. The molecule has 0 heterocycles. The van der Waals surface area contributed by atoms with Crippen LogP contribution in [-0.2, 0) is 14.3 Å². The second-order valence-corrected chi connectivity index (χ2v) is 4.61. The molecule has 0 aromatic rings. The van der Waals surface area contributed by atoms with Gasteiger partial charge in [0.15, 0.2) is 0 Å². The molecule has 1 aliphatic carbocycles. The van der Waals surface area contributed by atoms with E-state index in [9.17, 15) is 9.59 Å². The van der Waals surface area contributed by atoms with E-state index in [1.165, 1.54) is 7.11 Å². The van der Waals surface area contributed by atoms with Crippen LogP contribution in [0.15, 0.2) is 0 Å². The maximum atomic E-state index is 11.5. The van der Waals surface area contributed by atoms with E-state index in [-0.39, 0.29) is 17.7 Å². The minimum Gasteiger partial charge on any atom is -0.481 e. The fourth-order valence-corrected chi connectivity index (χ4v) is 2.26. The summed E-state index contributed by atoms with van der Waals surface area (Å²) in [5, 5.41) is 11.9. The molecule has 1 amide bonds. The van der Waals surface area contributed by atoms with Crippen molar-refractivity contribution >= 4 is 11.9 Å². The van der Waals surface area contributed by atoms with Gasteiger partial charge < -0.3 is 15.2 Å². The number of amides is 1. The molecule has 3 unspecified atom stereocenters.